The molecule has 2 aromatic rings. The zero-order chi connectivity index (χ0) is 15.8. The molecule has 0 radical (unpaired) electrons. The predicted molar refractivity (Wildman–Crippen MR) is 75.8 cm³/mol. The molecule has 0 atom stereocenters. The monoisotopic (exact) mass is 312 g/mol. The van der Waals surface area contributed by atoms with Crippen LogP contribution in [0.3, 0.4) is 0 Å². The highest BCUT2D eigenvalue weighted by Crippen LogP contribution is 2.23. The van der Waals surface area contributed by atoms with Crippen molar-refractivity contribution in [1.29, 1.82) is 0 Å². The number of nitrogens with one attached hydrogen (secondary N) is 3. The van der Waals surface area contributed by atoms with Gasteiger partial charge in [0.25, 0.3) is 10.0 Å². The highest BCUT2D eigenvalue weighted by molar-refractivity contribution is 7.92. The fourth-order valence-corrected chi connectivity index (χ4v) is 2.59. The Morgan fingerprint density at radius 2 is 2.00 bits per heavy atom. The van der Waals surface area contributed by atoms with Crippen molar-refractivity contribution < 1.29 is 18.3 Å². The van der Waals surface area contributed by atoms with E-state index in [-0.39, 0.29) is 21.8 Å². The number of rotatable bonds is 4. The molecule has 2 heterocycles. The zero-order valence-electron chi connectivity index (χ0n) is 11.8. The van der Waals surface area contributed by atoms with Gasteiger partial charge in [-0.1, -0.05) is 20.8 Å². The molecule has 9 heteroatoms. The second-order valence-electron chi connectivity index (χ2n) is 5.58. The van der Waals surface area contributed by atoms with E-state index in [0.717, 1.165) is 18.0 Å². The molecule has 0 aliphatic carbocycles. The van der Waals surface area contributed by atoms with Crippen LogP contribution in [0.25, 0.3) is 0 Å². The van der Waals surface area contributed by atoms with E-state index in [9.17, 15) is 13.2 Å². The Hall–Kier alpha value is -2.29. The van der Waals surface area contributed by atoms with E-state index in [2.05, 4.69) is 19.9 Å². The Balaban J connectivity index is 2.24. The summed E-state index contributed by atoms with van der Waals surface area (Å²) in [5.74, 6) is -1.08. The first kappa shape index (κ1) is 15.1. The van der Waals surface area contributed by atoms with Crippen molar-refractivity contribution >= 4 is 21.8 Å². The molecule has 2 rings (SSSR count). The molecule has 0 aliphatic rings. The van der Waals surface area contributed by atoms with Gasteiger partial charge in [-0.3, -0.25) is 9.82 Å². The number of sulfonamides is 1. The average Bonchev–Trinajstić information content (AvgIpc) is 2.94. The molecular weight excluding hydrogens is 296 g/mol. The lowest BCUT2D eigenvalue weighted by molar-refractivity contribution is 0.0691. The fourth-order valence-electron chi connectivity index (χ4n) is 1.61. The molecular formula is C12H16N4O4S. The summed E-state index contributed by atoms with van der Waals surface area (Å²) in [5, 5.41) is 15.4. The topological polar surface area (TPSA) is 128 Å². The molecule has 0 unspecified atom stereocenters. The minimum atomic E-state index is -3.89. The van der Waals surface area contributed by atoms with Crippen LogP contribution in [0, 0.1) is 0 Å². The lowest BCUT2D eigenvalue weighted by Gasteiger charge is -2.14. The molecule has 0 spiro atoms. The minimum absolute atomic E-state index is 0.151. The molecule has 0 saturated carbocycles. The molecule has 0 aromatic carbocycles. The van der Waals surface area contributed by atoms with Crippen LogP contribution >= 0.6 is 0 Å². The average molecular weight is 312 g/mol. The molecule has 114 valence electrons. The van der Waals surface area contributed by atoms with Crippen molar-refractivity contribution in [3.63, 3.8) is 0 Å². The molecule has 0 aliphatic heterocycles. The van der Waals surface area contributed by atoms with Gasteiger partial charge in [-0.15, -0.1) is 0 Å². The molecule has 4 N–H and O–H groups in total. The van der Waals surface area contributed by atoms with Crippen molar-refractivity contribution in [3.05, 3.63) is 29.7 Å². The van der Waals surface area contributed by atoms with Crippen molar-refractivity contribution in [2.24, 2.45) is 0 Å². The minimum Gasteiger partial charge on any atom is -0.477 e. The largest absolute Gasteiger partial charge is 0.477 e. The number of carboxylic acids is 1. The zero-order valence-corrected chi connectivity index (χ0v) is 12.6. The number of hydrogen-bond donors (Lipinski definition) is 4. The lowest BCUT2D eigenvalue weighted by atomic mass is 9.92. The summed E-state index contributed by atoms with van der Waals surface area (Å²) in [6.45, 7) is 5.89. The van der Waals surface area contributed by atoms with Gasteiger partial charge in [0, 0.05) is 23.4 Å². The molecule has 0 amide bonds. The van der Waals surface area contributed by atoms with Gasteiger partial charge in [-0.2, -0.15) is 5.10 Å². The quantitative estimate of drug-likeness (QED) is 0.680. The van der Waals surface area contributed by atoms with Crippen LogP contribution in [0.2, 0.25) is 0 Å². The smallest absolute Gasteiger partial charge is 0.352 e. The summed E-state index contributed by atoms with van der Waals surface area (Å²) in [6, 6.07) is 2.64. The van der Waals surface area contributed by atoms with Crippen LogP contribution < -0.4 is 4.72 Å². The number of aromatic carboxylic acids is 1. The summed E-state index contributed by atoms with van der Waals surface area (Å²) < 4.78 is 26.5. The van der Waals surface area contributed by atoms with E-state index >= 15 is 0 Å². The first-order valence-electron chi connectivity index (χ1n) is 6.10. The van der Waals surface area contributed by atoms with Gasteiger partial charge in [-0.25, -0.2) is 13.2 Å². The van der Waals surface area contributed by atoms with Gasteiger partial charge in [0.05, 0.1) is 0 Å². The Kier molecular flexibility index (Phi) is 3.54. The molecule has 0 saturated heterocycles. The maximum Gasteiger partial charge on any atom is 0.352 e. The standard InChI is InChI=1S/C12H16N4O4S/c1-12(2,3)9-5-10(15-14-9)16-21(19,20)7-4-8(11(17)18)13-6-7/h4-6,13H,1-3H3,(H,17,18)(H2,14,15,16). The van der Waals surface area contributed by atoms with Gasteiger partial charge in [0.1, 0.15) is 10.6 Å². The maximum absolute atomic E-state index is 12.1. The van der Waals surface area contributed by atoms with E-state index < -0.39 is 16.0 Å². The summed E-state index contributed by atoms with van der Waals surface area (Å²) in [4.78, 5) is 13.0. The number of carbonyl (C=O) groups is 1. The second-order valence-corrected chi connectivity index (χ2v) is 7.26. The van der Waals surface area contributed by atoms with Crippen molar-refractivity contribution in [2.45, 2.75) is 31.1 Å². The van der Waals surface area contributed by atoms with Gasteiger partial charge in [-0.05, 0) is 6.07 Å². The SMILES string of the molecule is CC(C)(C)c1cc(NS(=O)(=O)c2c[nH]c(C(=O)O)c2)n[nH]1. The Morgan fingerprint density at radius 3 is 2.48 bits per heavy atom. The normalized spacial score (nSPS) is 12.3. The third-order valence-corrected chi connectivity index (χ3v) is 4.16. The first-order valence-corrected chi connectivity index (χ1v) is 7.58. The maximum atomic E-state index is 12.1. The number of aromatic nitrogens is 3. The number of hydrogen-bond acceptors (Lipinski definition) is 4. The Morgan fingerprint density at radius 1 is 1.33 bits per heavy atom. The van der Waals surface area contributed by atoms with E-state index in [1.165, 1.54) is 0 Å². The van der Waals surface area contributed by atoms with Gasteiger partial charge in [0.15, 0.2) is 5.82 Å². The summed E-state index contributed by atoms with van der Waals surface area (Å²) in [6.07, 6.45) is 1.11. The number of H-pyrrole nitrogens is 2. The van der Waals surface area contributed by atoms with Crippen LogP contribution in [0.15, 0.2) is 23.2 Å². The highest BCUT2D eigenvalue weighted by atomic mass is 32.2. The van der Waals surface area contributed by atoms with Crippen molar-refractivity contribution in [2.75, 3.05) is 4.72 Å². The van der Waals surface area contributed by atoms with Crippen molar-refractivity contribution in [3.8, 4) is 0 Å². The lowest BCUT2D eigenvalue weighted by Crippen LogP contribution is -2.13. The van der Waals surface area contributed by atoms with Crippen LogP contribution in [-0.2, 0) is 15.4 Å². The van der Waals surface area contributed by atoms with Gasteiger partial charge >= 0.3 is 5.97 Å². The van der Waals surface area contributed by atoms with Crippen LogP contribution in [-0.4, -0.2) is 34.7 Å². The first-order chi connectivity index (χ1) is 9.59. The summed E-state index contributed by atoms with van der Waals surface area (Å²) in [7, 11) is -3.89. The van der Waals surface area contributed by atoms with Crippen molar-refractivity contribution in [1.82, 2.24) is 15.2 Å². The van der Waals surface area contributed by atoms with Crippen LogP contribution in [0.5, 0.6) is 0 Å². The second kappa shape index (κ2) is 4.92. The number of carboxylic acid groups (broad SMARTS) is 1. The predicted octanol–water partition coefficient (Wildman–Crippen LogP) is 1.53. The molecule has 0 fully saturated rings. The van der Waals surface area contributed by atoms with E-state index in [4.69, 9.17) is 5.11 Å². The van der Waals surface area contributed by atoms with E-state index in [0.29, 0.717) is 0 Å². The highest BCUT2D eigenvalue weighted by Gasteiger charge is 2.21. The van der Waals surface area contributed by atoms with Gasteiger partial charge < -0.3 is 10.1 Å². The fraction of sp³-hybridized carbons (Fsp3) is 0.333. The summed E-state index contributed by atoms with van der Waals surface area (Å²) in [5.41, 5.74) is 0.384. The number of nitrogens with zero attached hydrogens (tertiary/aromatic N) is 1. The van der Waals surface area contributed by atoms with Crippen LogP contribution in [0.1, 0.15) is 37.0 Å². The van der Waals surface area contributed by atoms with Gasteiger partial charge in [0.2, 0.25) is 0 Å². The number of aromatic amines is 2. The van der Waals surface area contributed by atoms with E-state index in [1.54, 1.807) is 6.07 Å². The summed E-state index contributed by atoms with van der Waals surface area (Å²) >= 11 is 0. The molecule has 8 nitrogen and oxygen atoms in total. The van der Waals surface area contributed by atoms with Crippen LogP contribution in [0.4, 0.5) is 5.82 Å². The molecule has 21 heavy (non-hydrogen) atoms. The Bertz CT molecular complexity index is 767. The Labute approximate surface area is 121 Å². The molecule has 0 bridgehead atoms. The number of anilines is 1. The molecule has 2 aromatic heterocycles. The third kappa shape index (κ3) is 3.24. The van der Waals surface area contributed by atoms with E-state index in [1.807, 2.05) is 20.8 Å². The third-order valence-electron chi connectivity index (χ3n) is 2.82.